The van der Waals surface area contributed by atoms with E-state index in [4.69, 9.17) is 20.3 Å². The molecule has 7 heteroatoms. The predicted octanol–water partition coefficient (Wildman–Crippen LogP) is 1.68. The number of carbonyl (C=O) groups is 3. The molecule has 0 aromatic heterocycles. The number of carbonyl (C=O) groups excluding carboxylic acids is 3. The van der Waals surface area contributed by atoms with Crippen molar-refractivity contribution in [1.29, 1.82) is 0 Å². The lowest BCUT2D eigenvalue weighted by atomic mass is 9.94. The largest absolute Gasteiger partial charge is 0.465 e. The van der Waals surface area contributed by atoms with Crippen LogP contribution in [0.25, 0.3) is 11.1 Å². The highest BCUT2D eigenvalue weighted by Gasteiger charge is 2.29. The zero-order chi connectivity index (χ0) is 18.6. The van der Waals surface area contributed by atoms with Gasteiger partial charge in [0.15, 0.2) is 5.76 Å². The van der Waals surface area contributed by atoms with Crippen LogP contribution in [0.1, 0.15) is 19.4 Å². The van der Waals surface area contributed by atoms with Gasteiger partial charge in [-0.2, -0.15) is 0 Å². The molecule has 0 saturated carbocycles. The standard InChI is InChI=1S/C17H16O7/c1-10(18)23-9-14-15(17(20)22-3)12-7-5-4-6-11(12)13(8-24-14)16(19)21-2/h4-8H,9H2,1-3H3/i8D. The number of esters is 3. The Hall–Kier alpha value is -3.09. The number of rotatable bonds is 4. The van der Waals surface area contributed by atoms with E-state index in [1.165, 1.54) is 21.1 Å². The first-order chi connectivity index (χ1) is 11.9. The van der Waals surface area contributed by atoms with Crippen LogP contribution in [-0.4, -0.2) is 38.7 Å². The molecule has 0 fully saturated rings. The van der Waals surface area contributed by atoms with Gasteiger partial charge in [-0.25, -0.2) is 9.59 Å². The molecule has 0 atom stereocenters. The van der Waals surface area contributed by atoms with Crippen LogP contribution in [0.2, 0.25) is 0 Å². The van der Waals surface area contributed by atoms with Crippen molar-refractivity contribution in [2.24, 2.45) is 0 Å². The highest BCUT2D eigenvalue weighted by Crippen LogP contribution is 2.33. The Morgan fingerprint density at radius 1 is 1.08 bits per heavy atom. The van der Waals surface area contributed by atoms with Crippen molar-refractivity contribution >= 4 is 29.1 Å². The fourth-order valence-corrected chi connectivity index (χ4v) is 2.14. The van der Waals surface area contributed by atoms with Crippen LogP contribution in [0.3, 0.4) is 0 Å². The van der Waals surface area contributed by atoms with E-state index < -0.39 is 30.8 Å². The maximum absolute atomic E-state index is 12.3. The van der Waals surface area contributed by atoms with Gasteiger partial charge in [-0.05, 0) is 0 Å². The van der Waals surface area contributed by atoms with Gasteiger partial charge in [-0.1, -0.05) is 24.3 Å². The number of methoxy groups -OCH3 is 2. The van der Waals surface area contributed by atoms with Crippen LogP contribution < -0.4 is 0 Å². The fourth-order valence-electron chi connectivity index (χ4n) is 2.14. The first-order valence-electron chi connectivity index (χ1n) is 7.42. The van der Waals surface area contributed by atoms with Crippen molar-refractivity contribution in [3.8, 4) is 0 Å². The van der Waals surface area contributed by atoms with E-state index in [0.29, 0.717) is 5.56 Å². The average Bonchev–Trinajstić information content (AvgIpc) is 2.72. The van der Waals surface area contributed by atoms with Crippen LogP contribution in [0.15, 0.2) is 36.3 Å². The second-order valence-corrected chi connectivity index (χ2v) is 4.69. The smallest absolute Gasteiger partial charge is 0.342 e. The second kappa shape index (κ2) is 7.45. The van der Waals surface area contributed by atoms with Gasteiger partial charge in [0.25, 0.3) is 0 Å². The summed E-state index contributed by atoms with van der Waals surface area (Å²) in [6.45, 7) is 0.797. The molecule has 0 unspecified atom stereocenters. The maximum Gasteiger partial charge on any atom is 0.342 e. The third-order valence-electron chi connectivity index (χ3n) is 3.21. The summed E-state index contributed by atoms with van der Waals surface area (Å²) in [5.74, 6) is -2.26. The molecule has 7 nitrogen and oxygen atoms in total. The minimum atomic E-state index is -0.796. The Bertz CT molecular complexity index is 792. The molecular formula is C17H16O7. The number of benzene rings is 1. The lowest BCUT2D eigenvalue weighted by molar-refractivity contribution is -0.141. The Kier molecular flexibility index (Phi) is 4.90. The highest BCUT2D eigenvalue weighted by atomic mass is 16.6. The molecule has 24 heavy (non-hydrogen) atoms. The fraction of sp³-hybridized carbons (Fsp3) is 0.235. The van der Waals surface area contributed by atoms with Crippen molar-refractivity contribution in [3.63, 3.8) is 0 Å². The van der Waals surface area contributed by atoms with Crippen molar-refractivity contribution in [1.82, 2.24) is 0 Å². The number of fused-ring (bicyclic) bond motifs is 1. The van der Waals surface area contributed by atoms with Crippen molar-refractivity contribution in [3.05, 3.63) is 47.4 Å². The molecule has 0 bridgehead atoms. The third kappa shape index (κ3) is 3.45. The molecule has 0 N–H and O–H groups in total. The van der Waals surface area contributed by atoms with Gasteiger partial charge < -0.3 is 18.9 Å². The molecule has 0 aliphatic carbocycles. The third-order valence-corrected chi connectivity index (χ3v) is 3.21. The normalized spacial score (nSPS) is 14.0. The molecule has 1 aromatic rings. The quantitative estimate of drug-likeness (QED) is 0.612. The zero-order valence-corrected chi connectivity index (χ0v) is 13.4. The van der Waals surface area contributed by atoms with Crippen molar-refractivity contribution in [2.45, 2.75) is 6.92 Å². The lowest BCUT2D eigenvalue weighted by Gasteiger charge is -2.12. The van der Waals surface area contributed by atoms with Gasteiger partial charge in [0.1, 0.15) is 25.4 Å². The lowest BCUT2D eigenvalue weighted by Crippen LogP contribution is -2.13. The van der Waals surface area contributed by atoms with E-state index in [9.17, 15) is 14.4 Å². The molecule has 1 aromatic carbocycles. The van der Waals surface area contributed by atoms with Gasteiger partial charge in [0.05, 0.1) is 14.2 Å². The van der Waals surface area contributed by atoms with Gasteiger partial charge >= 0.3 is 17.9 Å². The van der Waals surface area contributed by atoms with Gasteiger partial charge in [-0.15, -0.1) is 0 Å². The van der Waals surface area contributed by atoms with E-state index in [1.54, 1.807) is 24.3 Å². The SMILES string of the molecule is [2H]C1=C(C(=O)OC)c2ccccc2C(C(=O)OC)=C(COC(C)=O)O1. The van der Waals surface area contributed by atoms with Crippen LogP contribution in [0, 0.1) is 0 Å². The topological polar surface area (TPSA) is 88.1 Å². The maximum atomic E-state index is 12.3. The van der Waals surface area contributed by atoms with E-state index in [1.807, 2.05) is 0 Å². The van der Waals surface area contributed by atoms with Crippen molar-refractivity contribution < 1.29 is 34.7 Å². The van der Waals surface area contributed by atoms with Crippen LogP contribution >= 0.6 is 0 Å². The summed E-state index contributed by atoms with van der Waals surface area (Å²) in [5, 5.41) is 0. The molecule has 0 radical (unpaired) electrons. The molecule has 1 aliphatic rings. The second-order valence-electron chi connectivity index (χ2n) is 4.69. The summed E-state index contributed by atoms with van der Waals surface area (Å²) in [6, 6.07) is 6.41. The molecule has 0 amide bonds. The molecular weight excluding hydrogens is 316 g/mol. The highest BCUT2D eigenvalue weighted by molar-refractivity contribution is 6.23. The van der Waals surface area contributed by atoms with Gasteiger partial charge in [-0.3, -0.25) is 4.79 Å². The first-order valence-corrected chi connectivity index (χ1v) is 6.92. The van der Waals surface area contributed by atoms with Crippen molar-refractivity contribution in [2.75, 3.05) is 20.8 Å². The molecule has 1 heterocycles. The summed E-state index contributed by atoms with van der Waals surface area (Å²) in [5.41, 5.74) is 0.386. The van der Waals surface area contributed by atoms with E-state index in [0.717, 1.165) is 0 Å². The van der Waals surface area contributed by atoms with Crippen LogP contribution in [0.5, 0.6) is 0 Å². The Morgan fingerprint density at radius 2 is 1.71 bits per heavy atom. The molecule has 1 aliphatic heterocycles. The summed E-state index contributed by atoms with van der Waals surface area (Å²) in [6.07, 6.45) is -0.527. The Labute approximate surface area is 139 Å². The first kappa shape index (κ1) is 15.8. The number of hydrogen-bond donors (Lipinski definition) is 0. The Morgan fingerprint density at radius 3 is 2.29 bits per heavy atom. The van der Waals surface area contributed by atoms with E-state index >= 15 is 0 Å². The summed E-state index contributed by atoms with van der Waals surface area (Å²) >= 11 is 0. The average molecular weight is 333 g/mol. The predicted molar refractivity (Wildman–Crippen MR) is 83.1 cm³/mol. The van der Waals surface area contributed by atoms with E-state index in [-0.39, 0.29) is 22.5 Å². The van der Waals surface area contributed by atoms with Gasteiger partial charge in [0.2, 0.25) is 0 Å². The van der Waals surface area contributed by atoms with Crippen LogP contribution in [-0.2, 0) is 33.3 Å². The number of ether oxygens (including phenoxy) is 4. The van der Waals surface area contributed by atoms with Crippen LogP contribution in [0.4, 0.5) is 0 Å². The molecule has 2 rings (SSSR count). The zero-order valence-electron chi connectivity index (χ0n) is 14.4. The summed E-state index contributed by atoms with van der Waals surface area (Å²) in [4.78, 5) is 35.5. The molecule has 0 spiro atoms. The minimum absolute atomic E-state index is 0.0389. The molecule has 126 valence electrons. The van der Waals surface area contributed by atoms with E-state index in [2.05, 4.69) is 0 Å². The summed E-state index contributed by atoms with van der Waals surface area (Å²) in [7, 11) is 2.35. The monoisotopic (exact) mass is 333 g/mol. The molecule has 0 saturated heterocycles. The Balaban J connectivity index is 2.73. The van der Waals surface area contributed by atoms with Gasteiger partial charge in [0, 0.05) is 18.1 Å². The summed E-state index contributed by atoms with van der Waals surface area (Å²) < 4.78 is 27.8. The minimum Gasteiger partial charge on any atom is -0.465 e. The number of hydrogen-bond acceptors (Lipinski definition) is 7.